The second kappa shape index (κ2) is 3.77. The molecule has 1 rings (SSSR count). The minimum absolute atomic E-state index is 0.149. The molecule has 0 aromatic carbocycles. The third-order valence-electron chi connectivity index (χ3n) is 1.74. The van der Waals surface area contributed by atoms with E-state index in [1.165, 1.54) is 6.20 Å². The standard InChI is InChI=1S/C7H11F3N4/c1-2-14(4-7(8,9)10)5-3-12-13-6(5)11/h3H,2,4H2,1H3,(H3,11,12,13). The smallest absolute Gasteiger partial charge is 0.382 e. The zero-order valence-corrected chi connectivity index (χ0v) is 7.60. The minimum atomic E-state index is -4.24. The number of nitrogens with one attached hydrogen (secondary N) is 1. The first-order chi connectivity index (χ1) is 6.44. The molecular weight excluding hydrogens is 197 g/mol. The Kier molecular flexibility index (Phi) is 2.87. The number of H-pyrrole nitrogens is 1. The molecule has 0 spiro atoms. The molecule has 1 heterocycles. The summed E-state index contributed by atoms with van der Waals surface area (Å²) < 4.78 is 36.3. The number of alkyl halides is 3. The van der Waals surface area contributed by atoms with Gasteiger partial charge in [0.15, 0.2) is 0 Å². The number of nitrogen functional groups attached to an aromatic ring is 1. The van der Waals surface area contributed by atoms with Crippen LogP contribution in [0.5, 0.6) is 0 Å². The molecule has 0 aliphatic heterocycles. The molecule has 0 aliphatic carbocycles. The molecule has 0 saturated heterocycles. The Bertz CT molecular complexity index is 293. The predicted molar refractivity (Wildman–Crippen MR) is 46.9 cm³/mol. The first kappa shape index (κ1) is 10.7. The number of rotatable bonds is 3. The molecule has 0 radical (unpaired) electrons. The van der Waals surface area contributed by atoms with Crippen LogP contribution < -0.4 is 10.6 Å². The first-order valence-corrected chi connectivity index (χ1v) is 4.04. The van der Waals surface area contributed by atoms with Gasteiger partial charge in [0.2, 0.25) is 0 Å². The molecule has 1 aromatic rings. The summed E-state index contributed by atoms with van der Waals surface area (Å²) in [5.41, 5.74) is 5.69. The maximum Gasteiger partial charge on any atom is 0.405 e. The summed E-state index contributed by atoms with van der Waals surface area (Å²) in [7, 11) is 0. The van der Waals surface area contributed by atoms with Crippen LogP contribution in [-0.4, -0.2) is 29.5 Å². The van der Waals surface area contributed by atoms with Crippen molar-refractivity contribution >= 4 is 11.5 Å². The number of halogens is 3. The Hall–Kier alpha value is -1.40. The van der Waals surface area contributed by atoms with Crippen LogP contribution in [0.2, 0.25) is 0 Å². The van der Waals surface area contributed by atoms with Gasteiger partial charge in [-0.05, 0) is 6.92 Å². The van der Waals surface area contributed by atoms with Crippen molar-refractivity contribution in [3.05, 3.63) is 6.20 Å². The number of nitrogens with two attached hydrogens (primary N) is 1. The zero-order chi connectivity index (χ0) is 10.8. The van der Waals surface area contributed by atoms with Crippen LogP contribution in [0.3, 0.4) is 0 Å². The highest BCUT2D eigenvalue weighted by molar-refractivity contribution is 5.62. The van der Waals surface area contributed by atoms with Crippen molar-refractivity contribution in [2.75, 3.05) is 23.7 Å². The van der Waals surface area contributed by atoms with Crippen molar-refractivity contribution in [3.63, 3.8) is 0 Å². The Balaban J connectivity index is 2.78. The first-order valence-electron chi connectivity index (χ1n) is 4.04. The van der Waals surface area contributed by atoms with Gasteiger partial charge < -0.3 is 10.6 Å². The van der Waals surface area contributed by atoms with Gasteiger partial charge in [0.25, 0.3) is 0 Å². The maximum absolute atomic E-state index is 12.1. The summed E-state index contributed by atoms with van der Waals surface area (Å²) >= 11 is 0. The molecule has 14 heavy (non-hydrogen) atoms. The van der Waals surface area contributed by atoms with Gasteiger partial charge in [0.05, 0.1) is 11.9 Å². The van der Waals surface area contributed by atoms with E-state index in [2.05, 4.69) is 10.2 Å². The number of anilines is 2. The lowest BCUT2D eigenvalue weighted by Gasteiger charge is -2.22. The van der Waals surface area contributed by atoms with Gasteiger partial charge in [-0.2, -0.15) is 18.3 Å². The second-order valence-corrected chi connectivity index (χ2v) is 2.80. The molecule has 0 bridgehead atoms. The van der Waals surface area contributed by atoms with Gasteiger partial charge in [0, 0.05) is 6.54 Å². The number of hydrogen-bond donors (Lipinski definition) is 2. The molecule has 0 amide bonds. The van der Waals surface area contributed by atoms with Gasteiger partial charge in [-0.3, -0.25) is 5.10 Å². The van der Waals surface area contributed by atoms with Gasteiger partial charge >= 0.3 is 6.18 Å². The molecule has 7 heteroatoms. The molecule has 0 fully saturated rings. The molecule has 80 valence electrons. The largest absolute Gasteiger partial charge is 0.405 e. The molecule has 1 aromatic heterocycles. The maximum atomic E-state index is 12.1. The van der Waals surface area contributed by atoms with Gasteiger partial charge in [0.1, 0.15) is 12.4 Å². The molecule has 0 aliphatic rings. The van der Waals surface area contributed by atoms with Gasteiger partial charge in [-0.1, -0.05) is 0 Å². The highest BCUT2D eigenvalue weighted by Gasteiger charge is 2.31. The van der Waals surface area contributed by atoms with E-state index in [0.29, 0.717) is 0 Å². The van der Waals surface area contributed by atoms with E-state index in [1.54, 1.807) is 6.92 Å². The van der Waals surface area contributed by atoms with E-state index >= 15 is 0 Å². The third kappa shape index (κ3) is 2.54. The van der Waals surface area contributed by atoms with Crippen molar-refractivity contribution in [2.45, 2.75) is 13.1 Å². The van der Waals surface area contributed by atoms with E-state index in [9.17, 15) is 13.2 Å². The molecule has 0 unspecified atom stereocenters. The average molecular weight is 208 g/mol. The van der Waals surface area contributed by atoms with Crippen molar-refractivity contribution in [1.29, 1.82) is 0 Å². The molecule has 0 atom stereocenters. The highest BCUT2D eigenvalue weighted by atomic mass is 19.4. The van der Waals surface area contributed by atoms with Crippen LogP contribution in [0.25, 0.3) is 0 Å². The van der Waals surface area contributed by atoms with E-state index in [-0.39, 0.29) is 18.1 Å². The normalized spacial score (nSPS) is 11.7. The SMILES string of the molecule is CCN(CC(F)(F)F)c1cn[nH]c1N. The van der Waals surface area contributed by atoms with E-state index in [4.69, 9.17) is 5.73 Å². The Morgan fingerprint density at radius 2 is 2.21 bits per heavy atom. The number of nitrogens with zero attached hydrogens (tertiary/aromatic N) is 2. The van der Waals surface area contributed by atoms with E-state index in [1.807, 2.05) is 0 Å². The van der Waals surface area contributed by atoms with Gasteiger partial charge in [-0.15, -0.1) is 0 Å². The number of aromatic amines is 1. The van der Waals surface area contributed by atoms with Crippen LogP contribution in [0, 0.1) is 0 Å². The Morgan fingerprint density at radius 1 is 1.57 bits per heavy atom. The van der Waals surface area contributed by atoms with Crippen LogP contribution in [0.4, 0.5) is 24.7 Å². The lowest BCUT2D eigenvalue weighted by Crippen LogP contribution is -2.34. The summed E-state index contributed by atoms with van der Waals surface area (Å²) in [5.74, 6) is 0.149. The second-order valence-electron chi connectivity index (χ2n) is 2.80. The van der Waals surface area contributed by atoms with Crippen molar-refractivity contribution in [2.24, 2.45) is 0 Å². The van der Waals surface area contributed by atoms with E-state index < -0.39 is 12.7 Å². The van der Waals surface area contributed by atoms with Crippen LogP contribution in [-0.2, 0) is 0 Å². The topological polar surface area (TPSA) is 57.9 Å². The average Bonchev–Trinajstić information content (AvgIpc) is 2.45. The molecular formula is C7H11F3N4. The zero-order valence-electron chi connectivity index (χ0n) is 7.60. The van der Waals surface area contributed by atoms with Gasteiger partial charge in [-0.25, -0.2) is 0 Å². The lowest BCUT2D eigenvalue weighted by atomic mass is 10.4. The van der Waals surface area contributed by atoms with Crippen molar-refractivity contribution in [3.8, 4) is 0 Å². The highest BCUT2D eigenvalue weighted by Crippen LogP contribution is 2.24. The Morgan fingerprint density at radius 3 is 2.57 bits per heavy atom. The number of hydrogen-bond acceptors (Lipinski definition) is 3. The summed E-state index contributed by atoms with van der Waals surface area (Å²) in [6.45, 7) is 0.828. The van der Waals surface area contributed by atoms with Crippen LogP contribution in [0.15, 0.2) is 6.20 Å². The molecule has 3 N–H and O–H groups in total. The molecule has 4 nitrogen and oxygen atoms in total. The van der Waals surface area contributed by atoms with Crippen molar-refractivity contribution < 1.29 is 13.2 Å². The fourth-order valence-corrected chi connectivity index (χ4v) is 1.13. The van der Waals surface area contributed by atoms with Crippen molar-refractivity contribution in [1.82, 2.24) is 10.2 Å². The Labute approximate surface area is 78.9 Å². The van der Waals surface area contributed by atoms with Crippen LogP contribution >= 0.6 is 0 Å². The third-order valence-corrected chi connectivity index (χ3v) is 1.74. The molecule has 0 saturated carbocycles. The predicted octanol–water partition coefficient (Wildman–Crippen LogP) is 1.38. The van der Waals surface area contributed by atoms with E-state index in [0.717, 1.165) is 4.90 Å². The summed E-state index contributed by atoms with van der Waals surface area (Å²) in [5, 5.41) is 5.95. The number of aromatic nitrogens is 2. The quantitative estimate of drug-likeness (QED) is 0.788. The summed E-state index contributed by atoms with van der Waals surface area (Å²) in [6, 6.07) is 0. The fourth-order valence-electron chi connectivity index (χ4n) is 1.13. The lowest BCUT2D eigenvalue weighted by molar-refractivity contribution is -0.119. The fraction of sp³-hybridized carbons (Fsp3) is 0.571. The van der Waals surface area contributed by atoms with Crippen LogP contribution in [0.1, 0.15) is 6.92 Å². The minimum Gasteiger partial charge on any atom is -0.382 e. The summed E-state index contributed by atoms with van der Waals surface area (Å²) in [6.07, 6.45) is -2.95. The summed E-state index contributed by atoms with van der Waals surface area (Å²) in [4.78, 5) is 1.11. The monoisotopic (exact) mass is 208 g/mol.